The third kappa shape index (κ3) is 3.30. The molecule has 0 aromatic heterocycles. The van der Waals surface area contributed by atoms with Crippen molar-refractivity contribution in [2.75, 3.05) is 44.2 Å². The summed E-state index contributed by atoms with van der Waals surface area (Å²) in [5.41, 5.74) is 1.86. The lowest BCUT2D eigenvalue weighted by molar-refractivity contribution is 0.270. The maximum Gasteiger partial charge on any atom is 0.146 e. The van der Waals surface area contributed by atoms with Crippen LogP contribution >= 0.6 is 0 Å². The Hall–Kier alpha value is -1.13. The van der Waals surface area contributed by atoms with Gasteiger partial charge in [-0.1, -0.05) is 26.0 Å². The van der Waals surface area contributed by atoms with Crippen molar-refractivity contribution in [2.24, 2.45) is 0 Å². The molecule has 3 nitrogen and oxygen atoms in total. The van der Waals surface area contributed by atoms with Gasteiger partial charge >= 0.3 is 0 Å². The van der Waals surface area contributed by atoms with E-state index in [4.69, 9.17) is 0 Å². The Balaban J connectivity index is 2.22. The molecule has 112 valence electrons. The number of rotatable bonds is 5. The van der Waals surface area contributed by atoms with Gasteiger partial charge in [0.05, 0.1) is 5.69 Å². The van der Waals surface area contributed by atoms with Crippen molar-refractivity contribution < 1.29 is 4.39 Å². The highest BCUT2D eigenvalue weighted by molar-refractivity contribution is 5.56. The van der Waals surface area contributed by atoms with Crippen LogP contribution in [0.5, 0.6) is 0 Å². The molecule has 1 saturated heterocycles. The number of para-hydroxylation sites is 1. The van der Waals surface area contributed by atoms with Gasteiger partial charge in [-0.15, -0.1) is 0 Å². The first kappa shape index (κ1) is 15.3. The van der Waals surface area contributed by atoms with Crippen molar-refractivity contribution >= 4 is 5.69 Å². The van der Waals surface area contributed by atoms with Crippen molar-refractivity contribution in [3.05, 3.63) is 29.6 Å². The van der Waals surface area contributed by atoms with Gasteiger partial charge in [-0.05, 0) is 31.6 Å². The number of nitrogens with one attached hydrogen (secondary N) is 1. The van der Waals surface area contributed by atoms with Crippen molar-refractivity contribution in [3.63, 3.8) is 0 Å². The Morgan fingerprint density at radius 1 is 1.20 bits per heavy atom. The maximum atomic E-state index is 14.3. The van der Waals surface area contributed by atoms with Gasteiger partial charge in [0.25, 0.3) is 0 Å². The molecule has 0 aliphatic carbocycles. The topological polar surface area (TPSA) is 18.5 Å². The Labute approximate surface area is 121 Å². The molecule has 0 amide bonds. The molecule has 1 aliphatic rings. The van der Waals surface area contributed by atoms with Crippen LogP contribution in [-0.4, -0.2) is 44.2 Å². The van der Waals surface area contributed by atoms with Gasteiger partial charge in [0.15, 0.2) is 0 Å². The highest BCUT2D eigenvalue weighted by Crippen LogP contribution is 2.30. The van der Waals surface area contributed by atoms with Gasteiger partial charge in [-0.25, -0.2) is 4.39 Å². The van der Waals surface area contributed by atoms with E-state index in [1.807, 2.05) is 12.1 Å². The number of hydrogen-bond acceptors (Lipinski definition) is 3. The Bertz CT molecular complexity index is 428. The van der Waals surface area contributed by atoms with E-state index in [9.17, 15) is 4.39 Å². The summed E-state index contributed by atoms with van der Waals surface area (Å²) in [6.07, 6.45) is 0. The van der Waals surface area contributed by atoms with Gasteiger partial charge in [-0.2, -0.15) is 0 Å². The second kappa shape index (κ2) is 7.04. The molecule has 1 N–H and O–H groups in total. The van der Waals surface area contributed by atoms with Crippen LogP contribution in [0.3, 0.4) is 0 Å². The van der Waals surface area contributed by atoms with Crippen LogP contribution in [0.15, 0.2) is 18.2 Å². The fourth-order valence-electron chi connectivity index (χ4n) is 2.92. The fourth-order valence-corrected chi connectivity index (χ4v) is 2.92. The summed E-state index contributed by atoms with van der Waals surface area (Å²) >= 11 is 0. The molecule has 0 radical (unpaired) electrons. The van der Waals surface area contributed by atoms with E-state index in [0.717, 1.165) is 50.5 Å². The second-order valence-electron chi connectivity index (χ2n) is 5.38. The molecule has 20 heavy (non-hydrogen) atoms. The van der Waals surface area contributed by atoms with Crippen LogP contribution in [0.2, 0.25) is 0 Å². The summed E-state index contributed by atoms with van der Waals surface area (Å²) < 4.78 is 14.3. The minimum atomic E-state index is -0.0998. The van der Waals surface area contributed by atoms with E-state index < -0.39 is 0 Å². The highest BCUT2D eigenvalue weighted by Gasteiger charge is 2.22. The monoisotopic (exact) mass is 279 g/mol. The highest BCUT2D eigenvalue weighted by atomic mass is 19.1. The van der Waals surface area contributed by atoms with Crippen LogP contribution in [0.4, 0.5) is 10.1 Å². The first-order valence-corrected chi connectivity index (χ1v) is 7.66. The lowest BCUT2D eigenvalue weighted by Crippen LogP contribution is -2.47. The minimum Gasteiger partial charge on any atom is -0.366 e. The maximum absolute atomic E-state index is 14.3. The molecule has 1 unspecified atom stereocenters. The molecule has 0 spiro atoms. The quantitative estimate of drug-likeness (QED) is 0.894. The van der Waals surface area contributed by atoms with E-state index in [1.54, 1.807) is 6.07 Å². The van der Waals surface area contributed by atoms with Gasteiger partial charge in [0, 0.05) is 32.2 Å². The number of likely N-dealkylation sites (N-methyl/N-ethyl adjacent to an activating group) is 1. The molecule has 0 bridgehead atoms. The molecular formula is C16H26FN3. The molecule has 1 fully saturated rings. The zero-order valence-electron chi connectivity index (χ0n) is 12.8. The van der Waals surface area contributed by atoms with Crippen molar-refractivity contribution in [1.82, 2.24) is 10.2 Å². The van der Waals surface area contributed by atoms with E-state index in [-0.39, 0.29) is 11.9 Å². The lowest BCUT2D eigenvalue weighted by Gasteiger charge is -2.37. The lowest BCUT2D eigenvalue weighted by atomic mass is 10.0. The van der Waals surface area contributed by atoms with E-state index >= 15 is 0 Å². The van der Waals surface area contributed by atoms with Crippen LogP contribution in [0.1, 0.15) is 32.4 Å². The molecule has 1 aromatic carbocycles. The second-order valence-corrected chi connectivity index (χ2v) is 5.38. The first-order chi connectivity index (χ1) is 9.67. The van der Waals surface area contributed by atoms with Crippen molar-refractivity contribution in [1.29, 1.82) is 0 Å². The molecule has 1 aromatic rings. The summed E-state index contributed by atoms with van der Waals surface area (Å²) in [6.45, 7) is 12.2. The Kier molecular flexibility index (Phi) is 5.38. The largest absolute Gasteiger partial charge is 0.366 e. The average molecular weight is 279 g/mol. The van der Waals surface area contributed by atoms with Gasteiger partial charge < -0.3 is 15.1 Å². The molecule has 1 atom stereocenters. The summed E-state index contributed by atoms with van der Waals surface area (Å²) in [5.74, 6) is -0.0998. The molecule has 1 heterocycles. The third-order valence-corrected chi connectivity index (χ3v) is 4.13. The van der Waals surface area contributed by atoms with E-state index in [0.29, 0.717) is 0 Å². The predicted molar refractivity (Wildman–Crippen MR) is 82.8 cm³/mol. The normalized spacial score (nSPS) is 18.3. The van der Waals surface area contributed by atoms with Gasteiger partial charge in [0.2, 0.25) is 0 Å². The molecule has 1 aliphatic heterocycles. The predicted octanol–water partition coefficient (Wildman–Crippen LogP) is 2.64. The molecule has 0 saturated carbocycles. The summed E-state index contributed by atoms with van der Waals surface area (Å²) in [6, 6.07) is 5.60. The zero-order valence-corrected chi connectivity index (χ0v) is 12.8. The number of anilines is 1. The van der Waals surface area contributed by atoms with Crippen LogP contribution < -0.4 is 10.2 Å². The number of piperazine rings is 1. The zero-order chi connectivity index (χ0) is 14.5. The van der Waals surface area contributed by atoms with Crippen LogP contribution in [0, 0.1) is 5.82 Å². The summed E-state index contributed by atoms with van der Waals surface area (Å²) in [4.78, 5) is 4.61. The average Bonchev–Trinajstić information content (AvgIpc) is 2.47. The summed E-state index contributed by atoms with van der Waals surface area (Å²) in [7, 11) is 0. The van der Waals surface area contributed by atoms with Crippen LogP contribution in [-0.2, 0) is 0 Å². The minimum absolute atomic E-state index is 0.0998. The third-order valence-electron chi connectivity index (χ3n) is 4.13. The van der Waals surface area contributed by atoms with Crippen molar-refractivity contribution in [2.45, 2.75) is 26.8 Å². The van der Waals surface area contributed by atoms with Gasteiger partial charge in [-0.3, -0.25) is 0 Å². The fraction of sp³-hybridized carbons (Fsp3) is 0.625. The number of nitrogens with zero attached hydrogens (tertiary/aromatic N) is 2. The molecular weight excluding hydrogens is 253 g/mol. The standard InChI is InChI=1S/C16H26FN3/c1-4-18-13(3)14-7-6-8-15(17)16(14)20-11-9-19(5-2)10-12-20/h6-8,13,18H,4-5,9-12H2,1-3H3. The van der Waals surface area contributed by atoms with Crippen LogP contribution in [0.25, 0.3) is 0 Å². The summed E-state index contributed by atoms with van der Waals surface area (Å²) in [5, 5.41) is 3.38. The number of benzene rings is 1. The number of hydrogen-bond donors (Lipinski definition) is 1. The molecule has 2 rings (SSSR count). The van der Waals surface area contributed by atoms with Crippen molar-refractivity contribution in [3.8, 4) is 0 Å². The Morgan fingerprint density at radius 2 is 1.90 bits per heavy atom. The van der Waals surface area contributed by atoms with E-state index in [2.05, 4.69) is 35.9 Å². The van der Waals surface area contributed by atoms with E-state index in [1.165, 1.54) is 0 Å². The first-order valence-electron chi connectivity index (χ1n) is 7.66. The number of halogens is 1. The Morgan fingerprint density at radius 3 is 2.50 bits per heavy atom. The SMILES string of the molecule is CCNC(C)c1cccc(F)c1N1CCN(CC)CC1. The molecule has 4 heteroatoms. The smallest absolute Gasteiger partial charge is 0.146 e. The van der Waals surface area contributed by atoms with Gasteiger partial charge in [0.1, 0.15) is 5.82 Å².